The molecule has 26 heavy (non-hydrogen) atoms. The van der Waals surface area contributed by atoms with Crippen LogP contribution in [-0.4, -0.2) is 28.2 Å². The number of aromatic hydroxyl groups is 1. The highest BCUT2D eigenvalue weighted by atomic mass is 35.5. The summed E-state index contributed by atoms with van der Waals surface area (Å²) in [6.07, 6.45) is 1.11. The molecule has 0 aliphatic rings. The van der Waals surface area contributed by atoms with E-state index in [2.05, 4.69) is 19.2 Å². The minimum Gasteiger partial charge on any atom is -0.508 e. The van der Waals surface area contributed by atoms with Crippen LogP contribution in [0.2, 0.25) is 0 Å². The number of hydrogen-bond acceptors (Lipinski definition) is 4. The van der Waals surface area contributed by atoms with Crippen LogP contribution in [0.1, 0.15) is 47.9 Å². The fourth-order valence-electron chi connectivity index (χ4n) is 2.57. The Morgan fingerprint density at radius 1 is 1.12 bits per heavy atom. The van der Waals surface area contributed by atoms with Gasteiger partial charge in [0, 0.05) is 17.6 Å². The Labute approximate surface area is 160 Å². The Bertz CT molecular complexity index is 700. The third kappa shape index (κ3) is 6.67. The van der Waals surface area contributed by atoms with Gasteiger partial charge in [-0.3, -0.25) is 4.79 Å². The molecule has 0 bridgehead atoms. The van der Waals surface area contributed by atoms with Crippen molar-refractivity contribution in [2.75, 3.05) is 6.54 Å². The van der Waals surface area contributed by atoms with E-state index >= 15 is 0 Å². The van der Waals surface area contributed by atoms with Crippen molar-refractivity contribution in [3.05, 3.63) is 65.2 Å². The van der Waals surface area contributed by atoms with Crippen molar-refractivity contribution in [2.24, 2.45) is 5.73 Å². The predicted octanol–water partition coefficient (Wildman–Crippen LogP) is 2.95. The van der Waals surface area contributed by atoms with Crippen molar-refractivity contribution in [1.82, 2.24) is 5.32 Å². The molecule has 0 radical (unpaired) electrons. The quantitative estimate of drug-likeness (QED) is 0.568. The number of phenolic OH excluding ortho intramolecular Hbond substituents is 1. The second kappa shape index (κ2) is 9.57. The lowest BCUT2D eigenvalue weighted by molar-refractivity contribution is 0.1000. The van der Waals surface area contributed by atoms with Crippen molar-refractivity contribution in [1.29, 1.82) is 0 Å². The summed E-state index contributed by atoms with van der Waals surface area (Å²) in [5.41, 5.74) is 7.51. The van der Waals surface area contributed by atoms with E-state index in [-0.39, 0.29) is 23.7 Å². The van der Waals surface area contributed by atoms with Crippen molar-refractivity contribution < 1.29 is 15.0 Å². The zero-order chi connectivity index (χ0) is 18.4. The van der Waals surface area contributed by atoms with E-state index in [1.165, 1.54) is 0 Å². The first-order chi connectivity index (χ1) is 11.8. The van der Waals surface area contributed by atoms with Crippen LogP contribution in [0.25, 0.3) is 0 Å². The molecule has 0 heterocycles. The number of hydrogen-bond donors (Lipinski definition) is 4. The van der Waals surface area contributed by atoms with Gasteiger partial charge < -0.3 is 21.3 Å². The van der Waals surface area contributed by atoms with Crippen molar-refractivity contribution in [3.8, 4) is 5.75 Å². The number of aliphatic hydroxyl groups is 1. The second-order valence-corrected chi connectivity index (χ2v) is 6.93. The molecule has 1 unspecified atom stereocenters. The Morgan fingerprint density at radius 2 is 1.69 bits per heavy atom. The van der Waals surface area contributed by atoms with E-state index in [9.17, 15) is 15.0 Å². The fraction of sp³-hybridized carbons (Fsp3) is 0.350. The molecule has 0 saturated heterocycles. The van der Waals surface area contributed by atoms with Gasteiger partial charge in [-0.1, -0.05) is 24.3 Å². The number of β-amino-alcohol motifs (C(OH)–C–C–N with tert-alkyl or cyclic N) is 1. The number of primary amides is 1. The summed E-state index contributed by atoms with van der Waals surface area (Å²) in [5, 5.41) is 22.9. The number of rotatable bonds is 8. The Morgan fingerprint density at radius 3 is 2.23 bits per heavy atom. The highest BCUT2D eigenvalue weighted by molar-refractivity contribution is 5.92. The van der Waals surface area contributed by atoms with Gasteiger partial charge in [0.1, 0.15) is 5.75 Å². The molecule has 0 aliphatic heterocycles. The van der Waals surface area contributed by atoms with Gasteiger partial charge in [-0.25, -0.2) is 0 Å². The molecule has 6 heteroatoms. The zero-order valence-electron chi connectivity index (χ0n) is 15.1. The van der Waals surface area contributed by atoms with E-state index in [1.54, 1.807) is 36.4 Å². The smallest absolute Gasteiger partial charge is 0.248 e. The molecule has 0 aromatic heterocycles. The molecule has 0 saturated carbocycles. The first-order valence-corrected chi connectivity index (χ1v) is 8.37. The van der Waals surface area contributed by atoms with Crippen molar-refractivity contribution in [2.45, 2.75) is 38.3 Å². The highest BCUT2D eigenvalue weighted by Gasteiger charge is 2.19. The number of nitrogens with one attached hydrogen (secondary N) is 1. The highest BCUT2D eigenvalue weighted by Crippen LogP contribution is 2.19. The third-order valence-electron chi connectivity index (χ3n) is 4.33. The second-order valence-electron chi connectivity index (χ2n) is 6.93. The number of amides is 1. The summed E-state index contributed by atoms with van der Waals surface area (Å²) in [6, 6.07) is 13.9. The minimum atomic E-state index is -0.630. The largest absolute Gasteiger partial charge is 0.508 e. The topological polar surface area (TPSA) is 95.6 Å². The van der Waals surface area contributed by atoms with Crippen LogP contribution in [0.15, 0.2) is 48.5 Å². The molecule has 1 atom stereocenters. The van der Waals surface area contributed by atoms with Gasteiger partial charge in [0.15, 0.2) is 0 Å². The van der Waals surface area contributed by atoms with Gasteiger partial charge in [0.05, 0.1) is 6.10 Å². The number of carbonyl (C=O) groups excluding carboxylic acids is 1. The van der Waals surface area contributed by atoms with Gasteiger partial charge in [-0.2, -0.15) is 0 Å². The number of halogens is 1. The zero-order valence-corrected chi connectivity index (χ0v) is 15.9. The molecule has 5 nitrogen and oxygen atoms in total. The molecule has 0 aliphatic carbocycles. The molecule has 5 N–H and O–H groups in total. The maximum absolute atomic E-state index is 11.1. The van der Waals surface area contributed by atoms with Crippen LogP contribution >= 0.6 is 12.4 Å². The third-order valence-corrected chi connectivity index (χ3v) is 4.33. The molecule has 2 aromatic carbocycles. The number of aryl methyl sites for hydroxylation is 1. The van der Waals surface area contributed by atoms with Gasteiger partial charge in [0.25, 0.3) is 0 Å². The lowest BCUT2D eigenvalue weighted by Crippen LogP contribution is -2.41. The molecular formula is C20H27ClN2O3. The van der Waals surface area contributed by atoms with Crippen LogP contribution in [0.3, 0.4) is 0 Å². The monoisotopic (exact) mass is 378 g/mol. The van der Waals surface area contributed by atoms with Gasteiger partial charge in [-0.05, 0) is 62.1 Å². The average Bonchev–Trinajstić information content (AvgIpc) is 2.59. The normalized spacial score (nSPS) is 12.3. The molecule has 0 fully saturated rings. The van der Waals surface area contributed by atoms with E-state index in [1.807, 2.05) is 12.1 Å². The summed E-state index contributed by atoms with van der Waals surface area (Å²) < 4.78 is 0. The maximum atomic E-state index is 11.1. The minimum absolute atomic E-state index is 0. The Kier molecular flexibility index (Phi) is 8.08. The molecule has 2 rings (SSSR count). The SMILES string of the molecule is CC(C)(CCc1ccc(C(N)=O)cc1)NCC(O)c1ccc(O)cc1.Cl. The predicted molar refractivity (Wildman–Crippen MR) is 106 cm³/mol. The van der Waals surface area contributed by atoms with Crippen LogP contribution in [0.5, 0.6) is 5.75 Å². The van der Waals surface area contributed by atoms with Gasteiger partial charge in [-0.15, -0.1) is 12.4 Å². The first kappa shape index (κ1) is 22.0. The van der Waals surface area contributed by atoms with E-state index in [4.69, 9.17) is 5.73 Å². The maximum Gasteiger partial charge on any atom is 0.248 e. The number of nitrogens with two attached hydrogens (primary N) is 1. The summed E-state index contributed by atoms with van der Waals surface area (Å²) in [7, 11) is 0. The number of aliphatic hydroxyl groups excluding tert-OH is 1. The van der Waals surface area contributed by atoms with Gasteiger partial charge >= 0.3 is 0 Å². The lowest BCUT2D eigenvalue weighted by Gasteiger charge is -2.28. The van der Waals surface area contributed by atoms with Crippen LogP contribution in [0, 0.1) is 0 Å². The molecule has 0 spiro atoms. The van der Waals surface area contributed by atoms with E-state index in [0.717, 1.165) is 24.0 Å². The van der Waals surface area contributed by atoms with E-state index in [0.29, 0.717) is 12.1 Å². The fourth-order valence-corrected chi connectivity index (χ4v) is 2.57. The molecule has 1 amide bonds. The summed E-state index contributed by atoms with van der Waals surface area (Å²) in [5.74, 6) is -0.233. The standard InChI is InChI=1S/C20H26N2O3.ClH/c1-20(2,12-11-14-3-5-16(6-4-14)19(21)25)22-13-18(24)15-7-9-17(23)10-8-15;/h3-10,18,22-24H,11-13H2,1-2H3,(H2,21,25);1H. The Balaban J connectivity index is 0.00000338. The van der Waals surface area contributed by atoms with Crippen LogP contribution in [0.4, 0.5) is 0 Å². The molecule has 142 valence electrons. The number of benzene rings is 2. The number of carbonyl (C=O) groups is 1. The van der Waals surface area contributed by atoms with Crippen molar-refractivity contribution in [3.63, 3.8) is 0 Å². The van der Waals surface area contributed by atoms with E-state index < -0.39 is 12.0 Å². The number of phenols is 1. The molecular weight excluding hydrogens is 352 g/mol. The van der Waals surface area contributed by atoms with Crippen LogP contribution in [-0.2, 0) is 6.42 Å². The van der Waals surface area contributed by atoms with Crippen molar-refractivity contribution >= 4 is 18.3 Å². The van der Waals surface area contributed by atoms with Gasteiger partial charge in [0.2, 0.25) is 5.91 Å². The Hall–Kier alpha value is -2.08. The first-order valence-electron chi connectivity index (χ1n) is 8.37. The average molecular weight is 379 g/mol. The summed E-state index contributed by atoms with van der Waals surface area (Å²) in [6.45, 7) is 4.61. The molecule has 2 aromatic rings. The lowest BCUT2D eigenvalue weighted by atomic mass is 9.94. The van der Waals surface area contributed by atoms with Crippen LogP contribution < -0.4 is 11.1 Å². The summed E-state index contributed by atoms with van der Waals surface area (Å²) in [4.78, 5) is 11.1. The summed E-state index contributed by atoms with van der Waals surface area (Å²) >= 11 is 0.